The second-order valence-corrected chi connectivity index (χ2v) is 16.9. The molecule has 3 fully saturated rings. The highest BCUT2D eigenvalue weighted by Crippen LogP contribution is 2.55. The Kier molecular flexibility index (Phi) is 12.0. The summed E-state index contributed by atoms with van der Waals surface area (Å²) >= 11 is 0. The van der Waals surface area contributed by atoms with Crippen molar-refractivity contribution in [2.24, 2.45) is 5.41 Å². The van der Waals surface area contributed by atoms with Gasteiger partial charge in [-0.25, -0.2) is 8.78 Å². The lowest BCUT2D eigenvalue weighted by Crippen LogP contribution is -2.53. The molecule has 6 N–H and O–H groups in total. The molecule has 312 valence electrons. The van der Waals surface area contributed by atoms with E-state index < -0.39 is 30.0 Å². The van der Waals surface area contributed by atoms with Gasteiger partial charge < -0.3 is 41.0 Å². The van der Waals surface area contributed by atoms with E-state index in [1.807, 2.05) is 23.6 Å². The average molecular weight is 801 g/mol. The first-order valence-corrected chi connectivity index (χ1v) is 21.0. The molecule has 6 atom stereocenters. The van der Waals surface area contributed by atoms with Crippen LogP contribution in [0.25, 0.3) is 33.2 Å². The number of carbonyl (C=O) groups excluding carboxylic acids is 4. The van der Waals surface area contributed by atoms with Crippen molar-refractivity contribution in [3.8, 4) is 11.4 Å². The number of rotatable bonds is 15. The van der Waals surface area contributed by atoms with Gasteiger partial charge in [0.1, 0.15) is 23.7 Å². The number of aromatic nitrogens is 2. The van der Waals surface area contributed by atoms with Crippen molar-refractivity contribution in [3.05, 3.63) is 59.2 Å². The zero-order valence-electron chi connectivity index (χ0n) is 34.5. The summed E-state index contributed by atoms with van der Waals surface area (Å²) in [6.07, 6.45) is 6.27. The molecule has 2 saturated heterocycles. The molecule has 0 radical (unpaired) electrons. The van der Waals surface area contributed by atoms with Gasteiger partial charge in [-0.3, -0.25) is 19.2 Å². The van der Waals surface area contributed by atoms with E-state index in [2.05, 4.69) is 31.2 Å². The van der Waals surface area contributed by atoms with Crippen LogP contribution in [0.4, 0.5) is 8.78 Å². The van der Waals surface area contributed by atoms with Crippen molar-refractivity contribution in [2.45, 2.75) is 122 Å². The lowest BCUT2D eigenvalue weighted by Gasteiger charge is -2.30. The smallest absolute Gasteiger partial charge is 0.245 e. The predicted molar refractivity (Wildman–Crippen MR) is 221 cm³/mol. The van der Waals surface area contributed by atoms with Crippen LogP contribution in [0.3, 0.4) is 0 Å². The third-order valence-electron chi connectivity index (χ3n) is 13.1. The molecular weight excluding hydrogens is 743 g/mol. The Bertz CT molecular complexity index is 2200. The SMILES string of the molecule is CC[C@H](NC(=O)[C@H](C)NC)C(=O)N1CCCC1Cc1c(-c2[nH]c3cc(F)ccc3c2C[C@@H]2CC3(CC3)CN2C(=O)[C@H](CC)NC(=O)[C@H](C)NC)[nH]c2cc(F)ccc12. The van der Waals surface area contributed by atoms with Crippen molar-refractivity contribution in [2.75, 3.05) is 27.2 Å². The van der Waals surface area contributed by atoms with Crippen molar-refractivity contribution < 1.29 is 28.0 Å². The number of likely N-dealkylation sites (N-methyl/N-ethyl adjacent to an activating group) is 2. The van der Waals surface area contributed by atoms with Gasteiger partial charge in [-0.1, -0.05) is 13.8 Å². The second-order valence-electron chi connectivity index (χ2n) is 16.9. The van der Waals surface area contributed by atoms with E-state index in [9.17, 15) is 28.0 Å². The van der Waals surface area contributed by atoms with Gasteiger partial charge in [-0.2, -0.15) is 0 Å². The Morgan fingerprint density at radius 3 is 1.71 bits per heavy atom. The van der Waals surface area contributed by atoms with Crippen molar-refractivity contribution in [3.63, 3.8) is 0 Å². The van der Waals surface area contributed by atoms with Crippen LogP contribution in [-0.4, -0.2) is 107 Å². The van der Waals surface area contributed by atoms with E-state index in [1.54, 1.807) is 40.1 Å². The highest BCUT2D eigenvalue weighted by Gasteiger charge is 2.54. The summed E-state index contributed by atoms with van der Waals surface area (Å²) in [5.41, 5.74) is 4.52. The summed E-state index contributed by atoms with van der Waals surface area (Å²) in [6, 6.07) is 6.76. The van der Waals surface area contributed by atoms with Gasteiger partial charge in [0.2, 0.25) is 23.6 Å². The monoisotopic (exact) mass is 800 g/mol. The molecular formula is C44H58F2N8O4. The minimum atomic E-state index is -0.671. The van der Waals surface area contributed by atoms with E-state index in [0.29, 0.717) is 49.8 Å². The first-order valence-electron chi connectivity index (χ1n) is 21.0. The third kappa shape index (κ3) is 8.09. The van der Waals surface area contributed by atoms with Crippen LogP contribution in [0.15, 0.2) is 36.4 Å². The van der Waals surface area contributed by atoms with E-state index in [0.717, 1.165) is 65.4 Å². The molecule has 12 nitrogen and oxygen atoms in total. The van der Waals surface area contributed by atoms with E-state index in [1.165, 1.54) is 24.3 Å². The number of fused-ring (bicyclic) bond motifs is 2. The fourth-order valence-corrected chi connectivity index (χ4v) is 9.19. The zero-order chi connectivity index (χ0) is 41.5. The van der Waals surface area contributed by atoms with Crippen LogP contribution in [0.5, 0.6) is 0 Å². The Morgan fingerprint density at radius 2 is 1.24 bits per heavy atom. The van der Waals surface area contributed by atoms with E-state index >= 15 is 0 Å². The Hall–Kier alpha value is -4.82. The van der Waals surface area contributed by atoms with Crippen molar-refractivity contribution >= 4 is 45.4 Å². The predicted octanol–water partition coefficient (Wildman–Crippen LogP) is 5.06. The van der Waals surface area contributed by atoms with Gasteiger partial charge in [-0.15, -0.1) is 0 Å². The van der Waals surface area contributed by atoms with Crippen LogP contribution in [0.2, 0.25) is 0 Å². The van der Waals surface area contributed by atoms with Crippen molar-refractivity contribution in [1.82, 2.24) is 41.0 Å². The van der Waals surface area contributed by atoms with Crippen molar-refractivity contribution in [1.29, 1.82) is 0 Å². The second kappa shape index (κ2) is 16.8. The van der Waals surface area contributed by atoms with Gasteiger partial charge in [0.25, 0.3) is 0 Å². The first-order chi connectivity index (χ1) is 27.8. The van der Waals surface area contributed by atoms with E-state index in [-0.39, 0.29) is 46.9 Å². The van der Waals surface area contributed by atoms with Crippen LogP contribution < -0.4 is 21.3 Å². The molecule has 0 bridgehead atoms. The molecule has 2 aromatic heterocycles. The van der Waals surface area contributed by atoms with Gasteiger partial charge in [0, 0.05) is 47.0 Å². The number of aromatic amines is 2. The normalized spacial score (nSPS) is 20.8. The number of H-pyrrole nitrogens is 2. The number of nitrogens with zero attached hydrogens (tertiary/aromatic N) is 2. The molecule has 2 aliphatic heterocycles. The van der Waals surface area contributed by atoms with Gasteiger partial charge in [0.15, 0.2) is 0 Å². The maximum Gasteiger partial charge on any atom is 0.245 e. The van der Waals surface area contributed by atoms with Crippen LogP contribution in [0.1, 0.15) is 83.8 Å². The number of likely N-dealkylation sites (tertiary alicyclic amines) is 2. The van der Waals surface area contributed by atoms with Gasteiger partial charge in [-0.05, 0) is 139 Å². The minimum absolute atomic E-state index is 0.0441. The van der Waals surface area contributed by atoms with Crippen LogP contribution in [-0.2, 0) is 32.0 Å². The molecule has 1 aliphatic carbocycles. The number of amides is 4. The zero-order valence-corrected chi connectivity index (χ0v) is 34.5. The Balaban J connectivity index is 1.26. The standard InChI is InChI=1S/C44H58F2N8O4/c1-7-34(51-40(55)24(3)47-5)42(57)53-17-9-10-28(53)20-32-30-13-11-26(45)18-36(30)49-38(32)39-33(31-14-12-27(46)19-37(31)50-39)21-29-22-44(15-16-44)23-54(29)43(58)35(8-2)52-41(56)25(4)48-6/h11-14,18-19,24-25,28-29,34-35,47-50H,7-10,15-17,20-23H2,1-6H3,(H,51,55)(H,52,56)/t24-,25-,28?,29+,34-,35-/m0/s1. The fourth-order valence-electron chi connectivity index (χ4n) is 9.19. The molecule has 14 heteroatoms. The summed E-state index contributed by atoms with van der Waals surface area (Å²) in [4.78, 5) is 65.0. The molecule has 1 spiro atoms. The topological polar surface area (TPSA) is 154 Å². The number of carbonyl (C=O) groups is 4. The van der Waals surface area contributed by atoms with Crippen LogP contribution in [0, 0.1) is 17.0 Å². The fraction of sp³-hybridized carbons (Fsp3) is 0.545. The molecule has 1 saturated carbocycles. The largest absolute Gasteiger partial charge is 0.353 e. The molecule has 4 amide bonds. The molecule has 2 aromatic carbocycles. The average Bonchev–Trinajstić information content (AvgIpc) is 3.52. The van der Waals surface area contributed by atoms with Gasteiger partial charge in [0.05, 0.1) is 23.5 Å². The lowest BCUT2D eigenvalue weighted by molar-refractivity contribution is -0.137. The Labute approximate surface area is 338 Å². The molecule has 3 aliphatic rings. The summed E-state index contributed by atoms with van der Waals surface area (Å²) < 4.78 is 29.7. The summed E-state index contributed by atoms with van der Waals surface area (Å²) in [6.45, 7) is 8.47. The van der Waals surface area contributed by atoms with Gasteiger partial charge >= 0.3 is 0 Å². The third-order valence-corrected chi connectivity index (χ3v) is 13.1. The van der Waals surface area contributed by atoms with Crippen LogP contribution >= 0.6 is 0 Å². The maximum atomic E-state index is 14.9. The highest BCUT2D eigenvalue weighted by molar-refractivity contribution is 5.97. The first kappa shape index (κ1) is 41.3. The molecule has 58 heavy (non-hydrogen) atoms. The highest BCUT2D eigenvalue weighted by atomic mass is 19.1. The quantitative estimate of drug-likeness (QED) is 0.0990. The maximum absolute atomic E-state index is 14.9. The molecule has 4 heterocycles. The molecule has 4 aromatic rings. The minimum Gasteiger partial charge on any atom is -0.353 e. The number of nitrogens with one attached hydrogen (secondary N) is 6. The number of hydrogen-bond acceptors (Lipinski definition) is 6. The number of benzene rings is 2. The lowest BCUT2D eigenvalue weighted by atomic mass is 9.93. The number of hydrogen-bond donors (Lipinski definition) is 6. The molecule has 7 rings (SSSR count). The van der Waals surface area contributed by atoms with E-state index in [4.69, 9.17) is 0 Å². The molecule has 1 unspecified atom stereocenters. The summed E-state index contributed by atoms with van der Waals surface area (Å²) in [7, 11) is 3.41. The summed E-state index contributed by atoms with van der Waals surface area (Å²) in [5.74, 6) is -1.48. The Morgan fingerprint density at radius 1 is 0.759 bits per heavy atom. The number of halogens is 2. The summed E-state index contributed by atoms with van der Waals surface area (Å²) in [5, 5.41) is 13.4.